The Morgan fingerprint density at radius 1 is 1.44 bits per heavy atom. The summed E-state index contributed by atoms with van der Waals surface area (Å²) in [5, 5.41) is 31.9. The van der Waals surface area contributed by atoms with Gasteiger partial charge in [0.2, 0.25) is 5.60 Å². The highest BCUT2D eigenvalue weighted by Crippen LogP contribution is 2.47. The van der Waals surface area contributed by atoms with Crippen LogP contribution in [-0.2, 0) is 24.2 Å². The fourth-order valence-corrected chi connectivity index (χ4v) is 5.23. The van der Waals surface area contributed by atoms with Gasteiger partial charge in [0.25, 0.3) is 0 Å². The minimum atomic E-state index is -4.36. The summed E-state index contributed by atoms with van der Waals surface area (Å²) in [5.41, 5.74) is 4.06. The lowest BCUT2D eigenvalue weighted by Crippen LogP contribution is -2.37. The van der Waals surface area contributed by atoms with Crippen LogP contribution in [0, 0.1) is 11.3 Å². The summed E-state index contributed by atoms with van der Waals surface area (Å²) >= 11 is 0. The molecule has 14 heteroatoms. The number of anilines is 1. The highest BCUT2D eigenvalue weighted by molar-refractivity contribution is 7.52. The number of aliphatic hydroxyl groups excluding tert-OH is 1. The van der Waals surface area contributed by atoms with E-state index in [1.54, 1.807) is 24.3 Å². The molecule has 0 spiro atoms. The molecule has 3 heterocycles. The van der Waals surface area contributed by atoms with Crippen LogP contribution in [0.15, 0.2) is 54.9 Å². The van der Waals surface area contributed by atoms with E-state index in [0.717, 1.165) is 0 Å². The van der Waals surface area contributed by atoms with Crippen LogP contribution in [0.25, 0.3) is 5.65 Å². The molecule has 0 radical (unpaired) electrons. The number of fused-ring (bicyclic) bond motifs is 1. The first-order valence-electron chi connectivity index (χ1n) is 10.7. The normalized spacial score (nSPS) is 26.2. The second-order valence-electron chi connectivity index (χ2n) is 8.11. The Morgan fingerprint density at radius 2 is 2.17 bits per heavy atom. The molecule has 6 atom stereocenters. The summed E-state index contributed by atoms with van der Waals surface area (Å²) in [4.78, 5) is 15.4. The van der Waals surface area contributed by atoms with Crippen molar-refractivity contribution in [3.05, 3.63) is 60.4 Å². The Hall–Kier alpha value is -3.53. The van der Waals surface area contributed by atoms with Crippen molar-refractivity contribution in [3.8, 4) is 11.8 Å². The second-order valence-corrected chi connectivity index (χ2v) is 9.80. The number of nitrogens with two attached hydrogens (primary N) is 1. The first-order valence-corrected chi connectivity index (χ1v) is 12.3. The third-order valence-corrected chi connectivity index (χ3v) is 7.27. The number of nitrogen functional groups attached to an aromatic ring is 1. The van der Waals surface area contributed by atoms with Crippen molar-refractivity contribution in [1.29, 1.82) is 5.26 Å². The minimum Gasteiger partial charge on any atom is -0.480 e. The topological polar surface area (TPSA) is 181 Å². The van der Waals surface area contributed by atoms with E-state index in [0.29, 0.717) is 5.65 Å². The van der Waals surface area contributed by atoms with Crippen molar-refractivity contribution in [2.45, 2.75) is 36.9 Å². The molecular formula is C22H23FN5O7P. The van der Waals surface area contributed by atoms with Crippen LogP contribution in [-0.4, -0.2) is 56.6 Å². The molecule has 3 aromatic rings. The van der Waals surface area contributed by atoms with Crippen LogP contribution in [0.4, 0.5) is 10.2 Å². The van der Waals surface area contributed by atoms with Crippen LogP contribution in [0.2, 0.25) is 0 Å². The van der Waals surface area contributed by atoms with Gasteiger partial charge < -0.3 is 25.2 Å². The van der Waals surface area contributed by atoms with Gasteiger partial charge in [0.1, 0.15) is 41.5 Å². The number of carboxylic acids is 1. The number of ether oxygens (including phenoxy) is 1. The first-order chi connectivity index (χ1) is 17.1. The third kappa shape index (κ3) is 4.77. The number of hydrogen-bond acceptors (Lipinski definition) is 9. The Labute approximate surface area is 204 Å². The molecule has 1 saturated heterocycles. The molecule has 5 N–H and O–H groups in total. The van der Waals surface area contributed by atoms with Crippen molar-refractivity contribution in [2.75, 3.05) is 12.3 Å². The van der Waals surface area contributed by atoms with Gasteiger partial charge in [-0.2, -0.15) is 10.3 Å². The molecule has 1 aromatic carbocycles. The number of nitrogens with one attached hydrogen (secondary N) is 1. The van der Waals surface area contributed by atoms with E-state index in [1.807, 2.05) is 0 Å². The Kier molecular flexibility index (Phi) is 6.99. The Bertz CT molecular complexity index is 1350. The van der Waals surface area contributed by atoms with E-state index in [4.69, 9.17) is 19.5 Å². The number of hydrogen-bond donors (Lipinski definition) is 4. The fraction of sp³-hybridized carbons (Fsp3) is 0.318. The first kappa shape index (κ1) is 25.6. The molecule has 2 aromatic heterocycles. The van der Waals surface area contributed by atoms with Crippen LogP contribution in [0.3, 0.4) is 0 Å². The number of halogens is 1. The van der Waals surface area contributed by atoms with Crippen molar-refractivity contribution >= 4 is 25.2 Å². The number of aromatic nitrogens is 2. The molecule has 4 rings (SSSR count). The molecule has 12 nitrogen and oxygen atoms in total. The maximum absolute atomic E-state index is 15.4. The van der Waals surface area contributed by atoms with Crippen LogP contribution in [0.1, 0.15) is 12.5 Å². The number of para-hydroxylation sites is 1. The number of aliphatic hydroxyl groups is 1. The lowest BCUT2D eigenvalue weighted by Gasteiger charge is -2.24. The predicted octanol–water partition coefficient (Wildman–Crippen LogP) is 2.00. The molecule has 1 fully saturated rings. The number of carboxylic acid groups (broad SMARTS) is 1. The zero-order valence-corrected chi connectivity index (χ0v) is 19.8. The van der Waals surface area contributed by atoms with Gasteiger partial charge in [-0.25, -0.2) is 13.9 Å². The highest BCUT2D eigenvalue weighted by Gasteiger charge is 2.58. The average Bonchev–Trinajstić information content (AvgIpc) is 3.40. The van der Waals surface area contributed by atoms with E-state index in [2.05, 4.69) is 10.1 Å². The zero-order valence-electron chi connectivity index (χ0n) is 18.9. The summed E-state index contributed by atoms with van der Waals surface area (Å²) in [5.74, 6) is -0.932. The quantitative estimate of drug-likeness (QED) is 0.304. The third-order valence-electron chi connectivity index (χ3n) is 5.63. The van der Waals surface area contributed by atoms with E-state index in [-0.39, 0.29) is 17.1 Å². The fourth-order valence-electron chi connectivity index (χ4n) is 3.72. The average molecular weight is 519 g/mol. The van der Waals surface area contributed by atoms with Crippen molar-refractivity contribution in [3.63, 3.8) is 0 Å². The molecule has 190 valence electrons. The Morgan fingerprint density at radius 3 is 2.81 bits per heavy atom. The number of carbonyl (C=O) groups is 1. The summed E-state index contributed by atoms with van der Waals surface area (Å²) in [6, 6.07) is 11.2. The number of benzene rings is 1. The van der Waals surface area contributed by atoms with Gasteiger partial charge in [0, 0.05) is 18.0 Å². The number of rotatable bonds is 9. The van der Waals surface area contributed by atoms with Crippen LogP contribution < -0.4 is 15.3 Å². The lowest BCUT2D eigenvalue weighted by atomic mass is 9.91. The smallest absolute Gasteiger partial charge is 0.459 e. The van der Waals surface area contributed by atoms with E-state index in [1.165, 1.54) is 48.0 Å². The van der Waals surface area contributed by atoms with Gasteiger partial charge >= 0.3 is 13.7 Å². The van der Waals surface area contributed by atoms with Gasteiger partial charge in [-0.15, -0.1) is 0 Å². The number of nitriles is 1. The minimum absolute atomic E-state index is 0.0609. The predicted molar refractivity (Wildman–Crippen MR) is 124 cm³/mol. The number of aliphatic carboxylic acids is 1. The molecule has 0 saturated carbocycles. The molecule has 2 unspecified atom stereocenters. The maximum Gasteiger partial charge on any atom is 0.459 e. The molecule has 0 amide bonds. The largest absolute Gasteiger partial charge is 0.480 e. The number of nitrogens with zero attached hydrogens (tertiary/aromatic N) is 3. The van der Waals surface area contributed by atoms with Crippen LogP contribution in [0.5, 0.6) is 5.75 Å². The van der Waals surface area contributed by atoms with Crippen molar-refractivity contribution in [2.24, 2.45) is 0 Å². The summed E-state index contributed by atoms with van der Waals surface area (Å²) < 4.78 is 46.6. The van der Waals surface area contributed by atoms with Gasteiger partial charge in [0.15, 0.2) is 6.17 Å². The van der Waals surface area contributed by atoms with Gasteiger partial charge in [-0.1, -0.05) is 18.2 Å². The summed E-state index contributed by atoms with van der Waals surface area (Å²) in [6.07, 6.45) is -2.70. The SMILES string of the molecule is CC(NP(=O)(OC[C@H]1O[C@@](C#N)(c2cc3nccc(N)n3c2)[C@H](F)[C@@H]1O)Oc1ccccc1)C(=O)O. The molecule has 0 aliphatic carbocycles. The molecule has 1 aliphatic heterocycles. The van der Waals surface area contributed by atoms with E-state index >= 15 is 4.39 Å². The van der Waals surface area contributed by atoms with Crippen molar-refractivity contribution in [1.82, 2.24) is 14.5 Å². The molecule has 1 aliphatic rings. The number of alkyl halides is 1. The molecule has 36 heavy (non-hydrogen) atoms. The zero-order chi connectivity index (χ0) is 26.1. The molecular weight excluding hydrogens is 496 g/mol. The van der Waals surface area contributed by atoms with E-state index in [9.17, 15) is 24.8 Å². The second kappa shape index (κ2) is 9.85. The lowest BCUT2D eigenvalue weighted by molar-refractivity contribution is -0.138. The summed E-state index contributed by atoms with van der Waals surface area (Å²) in [7, 11) is -4.36. The standard InChI is InChI=1S/C22H23FN5O7P/c1-13(21(30)31)27-36(32,35-15-5-3-2-4-6-15)33-11-16-19(29)20(23)22(12-24,34-16)14-9-18-26-8-7-17(25)28(18)10-14/h2-10,13,16,19-20,29H,11,25H2,1H3,(H,27,32)(H,30,31)/t13?,16-,19-,20-,22+,36?/m1/s1. The monoisotopic (exact) mass is 519 g/mol. The Balaban J connectivity index is 1.58. The van der Waals surface area contributed by atoms with Gasteiger partial charge in [-0.3, -0.25) is 13.7 Å². The highest BCUT2D eigenvalue weighted by atomic mass is 31.2. The van der Waals surface area contributed by atoms with Gasteiger partial charge in [0.05, 0.1) is 6.61 Å². The van der Waals surface area contributed by atoms with Gasteiger partial charge in [-0.05, 0) is 31.2 Å². The summed E-state index contributed by atoms with van der Waals surface area (Å²) in [6.45, 7) is 0.533. The van der Waals surface area contributed by atoms with Crippen molar-refractivity contribution < 1.29 is 37.7 Å². The molecule has 0 bridgehead atoms. The van der Waals surface area contributed by atoms with Crippen LogP contribution >= 0.6 is 7.75 Å². The van der Waals surface area contributed by atoms with E-state index < -0.39 is 50.3 Å². The maximum atomic E-state index is 15.4.